The van der Waals surface area contributed by atoms with Crippen LogP contribution in [0.25, 0.3) is 21.6 Å². The second-order valence-corrected chi connectivity index (χ2v) is 10.6. The number of rotatable bonds is 9. The summed E-state index contributed by atoms with van der Waals surface area (Å²) in [4.78, 5) is 50.1. The van der Waals surface area contributed by atoms with Crippen molar-refractivity contribution in [3.05, 3.63) is 16.8 Å². The van der Waals surface area contributed by atoms with E-state index in [0.717, 1.165) is 6.33 Å². The Balaban J connectivity index is 1.75. The summed E-state index contributed by atoms with van der Waals surface area (Å²) in [6.07, 6.45) is -2.80. The fourth-order valence-corrected chi connectivity index (χ4v) is 5.81. The molecule has 3 heterocycles. The number of fused-ring (bicyclic) bond motifs is 1. The summed E-state index contributed by atoms with van der Waals surface area (Å²) in [5, 5.41) is 13.7. The Hall–Kier alpha value is -2.01. The normalized spacial score (nSPS) is 24.8. The molecule has 33 heavy (non-hydrogen) atoms. The third kappa shape index (κ3) is 6.32. The smallest absolute Gasteiger partial charge is 0.390 e. The fourth-order valence-electron chi connectivity index (χ4n) is 2.78. The van der Waals surface area contributed by atoms with E-state index in [1.54, 1.807) is 0 Å². The number of anilines is 1. The van der Waals surface area contributed by atoms with Gasteiger partial charge in [0.05, 0.1) is 12.7 Å². The zero-order valence-electron chi connectivity index (χ0n) is 15.9. The molecule has 0 saturated carbocycles. The molecule has 2 aromatic heterocycles. The van der Waals surface area contributed by atoms with Crippen LogP contribution < -0.4 is 5.73 Å². The van der Waals surface area contributed by atoms with Gasteiger partial charge in [-0.2, -0.15) is 8.62 Å². The lowest BCUT2D eigenvalue weighted by molar-refractivity contribution is -0.0417. The highest BCUT2D eigenvalue weighted by Crippen LogP contribution is 2.66. The van der Waals surface area contributed by atoms with Crippen LogP contribution in [-0.2, 0) is 31.6 Å². The molecule has 182 valence electrons. The van der Waals surface area contributed by atoms with E-state index in [4.69, 9.17) is 30.7 Å². The molecule has 1 aliphatic heterocycles. The maximum absolute atomic E-state index is 11.8. The van der Waals surface area contributed by atoms with Crippen LogP contribution in [-0.4, -0.2) is 63.0 Å². The van der Waals surface area contributed by atoms with Crippen molar-refractivity contribution in [3.8, 4) is 0 Å². The quantitative estimate of drug-likeness (QED) is 0.110. The molecule has 0 bridgehead atoms. The van der Waals surface area contributed by atoms with Gasteiger partial charge in [-0.1, -0.05) is 0 Å². The summed E-state index contributed by atoms with van der Waals surface area (Å²) in [6.45, 7) is -0.887. The first-order chi connectivity index (χ1) is 15.2. The molecule has 0 radical (unpaired) electrons. The molecule has 1 aliphatic rings. The van der Waals surface area contributed by atoms with Crippen LogP contribution in [0.3, 0.4) is 0 Å². The molecule has 23 heteroatoms. The average molecular weight is 532 g/mol. The molecule has 0 spiro atoms. The van der Waals surface area contributed by atoms with Gasteiger partial charge in [0.1, 0.15) is 18.7 Å². The number of nitrogens with zero attached hydrogens (tertiary/aromatic N) is 7. The van der Waals surface area contributed by atoms with Gasteiger partial charge in [-0.3, -0.25) is 9.09 Å². The first-order valence-corrected chi connectivity index (χ1v) is 12.9. The molecule has 20 nitrogen and oxygen atoms in total. The lowest BCUT2D eigenvalue weighted by Crippen LogP contribution is -2.26. The van der Waals surface area contributed by atoms with E-state index in [0.29, 0.717) is 0 Å². The lowest BCUT2D eigenvalue weighted by atomic mass is 10.2. The van der Waals surface area contributed by atoms with Gasteiger partial charge in [-0.25, -0.2) is 28.6 Å². The van der Waals surface area contributed by atoms with Crippen LogP contribution in [0.1, 0.15) is 12.6 Å². The summed E-state index contributed by atoms with van der Waals surface area (Å²) in [6, 6.07) is 0. The number of hydrogen-bond donors (Lipinski definition) is 6. The summed E-state index contributed by atoms with van der Waals surface area (Å²) in [7, 11) is -16.7. The molecule has 0 amide bonds. The van der Waals surface area contributed by atoms with Crippen LogP contribution in [0.5, 0.6) is 0 Å². The topological polar surface area (TPSA) is 308 Å². The third-order valence-electron chi connectivity index (χ3n) is 3.93. The summed E-state index contributed by atoms with van der Waals surface area (Å²) < 4.78 is 52.3. The summed E-state index contributed by atoms with van der Waals surface area (Å²) in [5.41, 5.74) is 14.7. The molecule has 0 aliphatic carbocycles. The highest BCUT2D eigenvalue weighted by Gasteiger charge is 2.43. The maximum atomic E-state index is 11.8. The van der Waals surface area contributed by atoms with Crippen LogP contribution in [0.4, 0.5) is 11.8 Å². The van der Waals surface area contributed by atoms with Gasteiger partial charge in [-0.05, 0) is 10.6 Å². The molecule has 7 N–H and O–H groups in total. The van der Waals surface area contributed by atoms with Crippen molar-refractivity contribution in [2.75, 3.05) is 12.3 Å². The Morgan fingerprint density at radius 2 is 1.94 bits per heavy atom. The second kappa shape index (κ2) is 9.32. The monoisotopic (exact) mass is 532 g/mol. The molecular formula is C10H15N8O12P3. The number of ether oxygens (including phenoxy) is 1. The number of phosphoric ester groups is 1. The first kappa shape index (κ1) is 25.6. The van der Waals surface area contributed by atoms with E-state index in [9.17, 15) is 23.7 Å². The zero-order chi connectivity index (χ0) is 24.6. The fraction of sp³-hybridized carbons (Fsp3) is 0.500. The van der Waals surface area contributed by atoms with Crippen molar-refractivity contribution < 1.29 is 56.3 Å². The Morgan fingerprint density at radius 1 is 1.24 bits per heavy atom. The number of aliphatic hydroxyl groups excluding tert-OH is 1. The van der Waals surface area contributed by atoms with Crippen LogP contribution >= 0.6 is 23.5 Å². The number of aliphatic hydroxyl groups is 1. The van der Waals surface area contributed by atoms with E-state index in [1.807, 2.05) is 0 Å². The standard InChI is InChI=1S/C10H15N8O12P3/c11-8-7-9(14-3-13-8)18(10(15-7)16-17-12)6-1-4(19)5(28-6)2-27-32(23,24)30-33(25,26)29-31(20,21)22/h3-6,19H,1-2H2,(H,23,24)(H,25,26)(H2,11,13,14)(H2,20,21,22)/t4-,5+,6+/m0/s1. The number of imidazole rings is 1. The number of azide groups is 1. The van der Waals surface area contributed by atoms with Crippen molar-refractivity contribution in [3.63, 3.8) is 0 Å². The van der Waals surface area contributed by atoms with Crippen molar-refractivity contribution in [2.45, 2.75) is 24.9 Å². The molecule has 3 rings (SSSR count). The van der Waals surface area contributed by atoms with Gasteiger partial charge in [-0.15, -0.1) is 0 Å². The Bertz CT molecular complexity index is 1240. The van der Waals surface area contributed by atoms with Crippen molar-refractivity contribution in [1.82, 2.24) is 19.5 Å². The van der Waals surface area contributed by atoms with E-state index in [1.165, 1.54) is 4.57 Å². The number of phosphoric acid groups is 3. The molecular weight excluding hydrogens is 517 g/mol. The van der Waals surface area contributed by atoms with Gasteiger partial charge in [0, 0.05) is 11.3 Å². The summed E-state index contributed by atoms with van der Waals surface area (Å²) in [5.74, 6) is -0.263. The van der Waals surface area contributed by atoms with Crippen LogP contribution in [0.2, 0.25) is 0 Å². The second-order valence-electron chi connectivity index (χ2n) is 6.22. The largest absolute Gasteiger partial charge is 0.490 e. The van der Waals surface area contributed by atoms with Gasteiger partial charge >= 0.3 is 23.5 Å². The molecule has 2 unspecified atom stereocenters. The Morgan fingerprint density at radius 3 is 2.58 bits per heavy atom. The highest BCUT2D eigenvalue weighted by molar-refractivity contribution is 7.66. The van der Waals surface area contributed by atoms with Gasteiger partial charge < -0.3 is 35.2 Å². The predicted octanol–water partition coefficient (Wildman–Crippen LogP) is 0.342. The van der Waals surface area contributed by atoms with E-state index in [2.05, 4.69) is 38.1 Å². The van der Waals surface area contributed by atoms with Gasteiger partial charge in [0.15, 0.2) is 17.0 Å². The molecule has 2 aromatic rings. The maximum Gasteiger partial charge on any atom is 0.490 e. The minimum absolute atomic E-state index is 0.0316. The Kier molecular flexibility index (Phi) is 7.24. The number of nitrogen functional groups attached to an aromatic ring is 1. The molecule has 5 atom stereocenters. The number of hydrogen-bond acceptors (Lipinski definition) is 13. The third-order valence-corrected chi connectivity index (χ3v) is 7.73. The lowest BCUT2D eigenvalue weighted by Gasteiger charge is -2.19. The molecule has 1 saturated heterocycles. The predicted molar refractivity (Wildman–Crippen MR) is 103 cm³/mol. The Labute approximate surface area is 182 Å². The summed E-state index contributed by atoms with van der Waals surface area (Å²) >= 11 is 0. The average Bonchev–Trinajstić information content (AvgIpc) is 3.18. The minimum Gasteiger partial charge on any atom is -0.390 e. The number of nitrogens with two attached hydrogens (primary N) is 1. The minimum atomic E-state index is -5.70. The van der Waals surface area contributed by atoms with E-state index < -0.39 is 48.5 Å². The highest BCUT2D eigenvalue weighted by atomic mass is 31.3. The van der Waals surface area contributed by atoms with Crippen molar-refractivity contribution >= 4 is 46.4 Å². The van der Waals surface area contributed by atoms with Gasteiger partial charge in [0.2, 0.25) is 5.95 Å². The van der Waals surface area contributed by atoms with E-state index >= 15 is 0 Å². The first-order valence-electron chi connectivity index (χ1n) is 8.37. The molecule has 1 fully saturated rings. The van der Waals surface area contributed by atoms with Crippen molar-refractivity contribution in [2.24, 2.45) is 5.11 Å². The van der Waals surface area contributed by atoms with Crippen LogP contribution in [0.15, 0.2) is 11.4 Å². The van der Waals surface area contributed by atoms with E-state index in [-0.39, 0.29) is 29.4 Å². The zero-order valence-corrected chi connectivity index (χ0v) is 18.6. The SMILES string of the molecule is [N-]=[N+]=Nc1nc2c(N)ncnc2n1[C@H]1C[C@H](O)[C@@H](COP(=O)(O)OP(=O)(O)OP(=O)(O)O)O1. The molecule has 0 aromatic carbocycles. The van der Waals surface area contributed by atoms with Crippen LogP contribution in [0, 0.1) is 0 Å². The van der Waals surface area contributed by atoms with Crippen molar-refractivity contribution in [1.29, 1.82) is 0 Å². The number of aromatic nitrogens is 4. The van der Waals surface area contributed by atoms with Gasteiger partial charge in [0.25, 0.3) is 0 Å².